The lowest BCUT2D eigenvalue weighted by Gasteiger charge is -2.27. The van der Waals surface area contributed by atoms with Gasteiger partial charge in [-0.25, -0.2) is 4.98 Å². The third-order valence-electron chi connectivity index (χ3n) is 12.9. The van der Waals surface area contributed by atoms with Gasteiger partial charge in [0.15, 0.2) is 0 Å². The molecular formula is C60H56N4O. The van der Waals surface area contributed by atoms with Crippen LogP contribution in [-0.2, 0) is 16.2 Å². The fourth-order valence-electron chi connectivity index (χ4n) is 9.18. The molecule has 0 saturated carbocycles. The van der Waals surface area contributed by atoms with Crippen molar-refractivity contribution < 1.29 is 5.11 Å². The van der Waals surface area contributed by atoms with Crippen LogP contribution in [0.5, 0.6) is 5.75 Å². The van der Waals surface area contributed by atoms with Gasteiger partial charge in [-0.15, -0.1) is 0 Å². The smallest absolute Gasteiger partial charge is 0.149 e. The first-order valence-electron chi connectivity index (χ1n) is 22.7. The van der Waals surface area contributed by atoms with Crippen molar-refractivity contribution in [3.8, 4) is 62.0 Å². The van der Waals surface area contributed by atoms with Gasteiger partial charge in [-0.2, -0.15) is 0 Å². The van der Waals surface area contributed by atoms with E-state index in [1.807, 2.05) is 24.4 Å². The maximum absolute atomic E-state index is 11.4. The number of fused-ring (bicyclic) bond motifs is 4. The molecule has 0 bridgehead atoms. The zero-order valence-electron chi connectivity index (χ0n) is 38.9. The Bertz CT molecular complexity index is 3410. The summed E-state index contributed by atoms with van der Waals surface area (Å²) in [5, 5.41) is 13.9. The molecule has 0 atom stereocenters. The Hall–Kier alpha value is -7.24. The van der Waals surface area contributed by atoms with Gasteiger partial charge in [0.25, 0.3) is 0 Å². The summed E-state index contributed by atoms with van der Waals surface area (Å²) in [7, 11) is 0. The lowest BCUT2D eigenvalue weighted by molar-refractivity contribution is 0.477. The molecule has 65 heavy (non-hydrogen) atoms. The molecule has 3 heterocycles. The number of benzene rings is 7. The van der Waals surface area contributed by atoms with Gasteiger partial charge in [0, 0.05) is 39.5 Å². The summed E-state index contributed by atoms with van der Waals surface area (Å²) in [6.45, 7) is 20.4. The van der Waals surface area contributed by atoms with Gasteiger partial charge >= 0.3 is 0 Å². The minimum atomic E-state index is -0.150. The maximum atomic E-state index is 11.4. The van der Waals surface area contributed by atoms with E-state index in [4.69, 9.17) is 9.97 Å². The van der Waals surface area contributed by atoms with Crippen molar-refractivity contribution in [2.75, 3.05) is 0 Å². The second-order valence-corrected chi connectivity index (χ2v) is 20.6. The monoisotopic (exact) mass is 848 g/mol. The van der Waals surface area contributed by atoms with Crippen LogP contribution in [0, 0.1) is 0 Å². The minimum absolute atomic E-state index is 0.0867. The molecule has 10 aromatic rings. The first-order chi connectivity index (χ1) is 31.0. The summed E-state index contributed by atoms with van der Waals surface area (Å²) in [6, 6.07) is 58.2. The Morgan fingerprint density at radius 3 is 1.74 bits per heavy atom. The van der Waals surface area contributed by atoms with Gasteiger partial charge in [0.1, 0.15) is 11.6 Å². The van der Waals surface area contributed by atoms with Crippen molar-refractivity contribution in [3.05, 3.63) is 187 Å². The molecule has 0 aliphatic rings. The van der Waals surface area contributed by atoms with E-state index in [-0.39, 0.29) is 22.0 Å². The molecule has 7 aromatic carbocycles. The van der Waals surface area contributed by atoms with Gasteiger partial charge in [-0.05, 0) is 128 Å². The third kappa shape index (κ3) is 7.59. The predicted molar refractivity (Wildman–Crippen MR) is 273 cm³/mol. The molecule has 0 radical (unpaired) electrons. The molecule has 10 rings (SSSR count). The lowest BCUT2D eigenvalue weighted by Crippen LogP contribution is -2.17. The fraction of sp³-hybridized carbons (Fsp3) is 0.200. The zero-order chi connectivity index (χ0) is 45.4. The normalized spacial score (nSPS) is 12.4. The van der Waals surface area contributed by atoms with Crippen molar-refractivity contribution in [1.29, 1.82) is 0 Å². The Morgan fingerprint density at radius 1 is 0.415 bits per heavy atom. The van der Waals surface area contributed by atoms with E-state index in [1.165, 1.54) is 38.5 Å². The van der Waals surface area contributed by atoms with E-state index >= 15 is 0 Å². The van der Waals surface area contributed by atoms with Crippen LogP contribution in [0.25, 0.3) is 89.1 Å². The molecule has 322 valence electrons. The average Bonchev–Trinajstić information content (AvgIpc) is 3.84. The van der Waals surface area contributed by atoms with Crippen LogP contribution < -0.4 is 0 Å². The predicted octanol–water partition coefficient (Wildman–Crippen LogP) is 15.8. The Kier molecular flexibility index (Phi) is 9.95. The van der Waals surface area contributed by atoms with E-state index in [2.05, 4.69) is 211 Å². The molecule has 0 aliphatic heterocycles. The number of para-hydroxylation sites is 4. The summed E-state index contributed by atoms with van der Waals surface area (Å²) in [5.41, 5.74) is 16.7. The Labute approximate surface area is 382 Å². The number of nitrogens with zero attached hydrogens (tertiary/aromatic N) is 4. The highest BCUT2D eigenvalue weighted by Crippen LogP contribution is 2.42. The summed E-state index contributed by atoms with van der Waals surface area (Å²) < 4.78 is 4.61. The SMILES string of the molecule is CC(C)(C)c1cc(-c2cc(-c3ccc4c5ccccc5n(-c5ccccc5)c4c3)ccn2)cc(-c2cccc3c2nc(-c2ccccc2O)n3-c2cc(C(C)(C)C)cc(C(C)(C)C)c2)c1. The Morgan fingerprint density at radius 2 is 1.02 bits per heavy atom. The van der Waals surface area contributed by atoms with Crippen LogP contribution in [0.3, 0.4) is 0 Å². The number of aromatic nitrogens is 4. The molecule has 3 aromatic heterocycles. The number of pyridine rings is 1. The van der Waals surface area contributed by atoms with Gasteiger partial charge < -0.3 is 9.67 Å². The largest absolute Gasteiger partial charge is 0.507 e. The molecule has 5 nitrogen and oxygen atoms in total. The number of phenols is 1. The second-order valence-electron chi connectivity index (χ2n) is 20.6. The van der Waals surface area contributed by atoms with Crippen LogP contribution in [0.4, 0.5) is 0 Å². The second kappa shape index (κ2) is 15.5. The number of hydrogen-bond donors (Lipinski definition) is 1. The molecular weight excluding hydrogens is 793 g/mol. The van der Waals surface area contributed by atoms with Crippen molar-refractivity contribution in [3.63, 3.8) is 0 Å². The standard InChI is InChI=1S/C60H56N4O/c1-58(2,3)42-31-40(30-41(32-42)51-33-39(28-29-61-51)38-26-27-49-48-20-13-15-23-52(48)63(54(49)34-38)45-18-11-10-12-19-45)47-22-17-24-53-56(47)62-57(50-21-14-16-25-55(50)65)64(53)46-36-43(59(4,5)6)35-44(37-46)60(7,8)9/h10-37,65H,1-9H3. The summed E-state index contributed by atoms with van der Waals surface area (Å²) >= 11 is 0. The van der Waals surface area contributed by atoms with Crippen LogP contribution in [-0.4, -0.2) is 24.2 Å². The molecule has 0 saturated heterocycles. The van der Waals surface area contributed by atoms with Crippen molar-refractivity contribution in [1.82, 2.24) is 19.1 Å². The maximum Gasteiger partial charge on any atom is 0.149 e. The van der Waals surface area contributed by atoms with E-state index in [0.717, 1.165) is 55.9 Å². The van der Waals surface area contributed by atoms with E-state index in [9.17, 15) is 5.11 Å². The van der Waals surface area contributed by atoms with Crippen molar-refractivity contribution in [2.45, 2.75) is 78.6 Å². The highest BCUT2D eigenvalue weighted by atomic mass is 16.3. The fourth-order valence-corrected chi connectivity index (χ4v) is 9.18. The quantitative estimate of drug-likeness (QED) is 0.181. The number of hydrogen-bond acceptors (Lipinski definition) is 3. The van der Waals surface area contributed by atoms with Crippen LogP contribution in [0.15, 0.2) is 170 Å². The number of rotatable bonds is 6. The molecule has 1 N–H and O–H groups in total. The van der Waals surface area contributed by atoms with Crippen LogP contribution in [0.2, 0.25) is 0 Å². The van der Waals surface area contributed by atoms with Crippen LogP contribution in [0.1, 0.15) is 79.0 Å². The zero-order valence-corrected chi connectivity index (χ0v) is 38.9. The molecule has 0 amide bonds. The molecule has 0 aliphatic carbocycles. The van der Waals surface area contributed by atoms with Crippen molar-refractivity contribution in [2.24, 2.45) is 0 Å². The molecule has 0 fully saturated rings. The molecule has 0 spiro atoms. The van der Waals surface area contributed by atoms with E-state index < -0.39 is 0 Å². The average molecular weight is 849 g/mol. The first kappa shape index (κ1) is 41.8. The van der Waals surface area contributed by atoms with E-state index in [1.54, 1.807) is 6.07 Å². The summed E-state index contributed by atoms with van der Waals surface area (Å²) in [6.07, 6.45) is 1.93. The number of aromatic hydroxyl groups is 1. The molecule has 5 heteroatoms. The highest BCUT2D eigenvalue weighted by Gasteiger charge is 2.26. The molecule has 0 unspecified atom stereocenters. The van der Waals surface area contributed by atoms with Gasteiger partial charge in [-0.3, -0.25) is 9.55 Å². The minimum Gasteiger partial charge on any atom is -0.507 e. The number of phenolic OH excluding ortho intramolecular Hbond substituents is 1. The number of imidazole rings is 1. The van der Waals surface area contributed by atoms with Crippen molar-refractivity contribution >= 4 is 32.8 Å². The highest BCUT2D eigenvalue weighted by molar-refractivity contribution is 6.10. The Balaban J connectivity index is 1.16. The summed E-state index contributed by atoms with van der Waals surface area (Å²) in [5.74, 6) is 0.888. The van der Waals surface area contributed by atoms with Gasteiger partial charge in [0.05, 0.1) is 33.3 Å². The van der Waals surface area contributed by atoms with Gasteiger partial charge in [0.2, 0.25) is 0 Å². The topological polar surface area (TPSA) is 55.9 Å². The summed E-state index contributed by atoms with van der Waals surface area (Å²) in [4.78, 5) is 10.5. The third-order valence-corrected chi connectivity index (χ3v) is 12.9. The van der Waals surface area contributed by atoms with Crippen LogP contribution >= 0.6 is 0 Å². The first-order valence-corrected chi connectivity index (χ1v) is 22.7. The van der Waals surface area contributed by atoms with Gasteiger partial charge in [-0.1, -0.05) is 147 Å². The van der Waals surface area contributed by atoms with E-state index in [0.29, 0.717) is 11.4 Å². The lowest BCUT2D eigenvalue weighted by atomic mass is 9.80.